The molecular weight excluding hydrogens is 558 g/mol. The number of nitrogens with zero attached hydrogens (tertiary/aromatic N) is 1. The van der Waals surface area contributed by atoms with E-state index in [9.17, 15) is 0 Å². The van der Waals surface area contributed by atoms with Gasteiger partial charge in [0.15, 0.2) is 5.96 Å². The highest BCUT2D eigenvalue weighted by molar-refractivity contribution is 6.07. The van der Waals surface area contributed by atoms with Gasteiger partial charge in [-0.1, -0.05) is 115 Å². The van der Waals surface area contributed by atoms with Crippen LogP contribution < -0.4 is 5.73 Å². The van der Waals surface area contributed by atoms with E-state index in [0.717, 1.165) is 12.8 Å². The van der Waals surface area contributed by atoms with E-state index >= 15 is 0 Å². The molecular formula is C43H33N3. The van der Waals surface area contributed by atoms with Gasteiger partial charge in [0.1, 0.15) is 0 Å². The molecule has 0 aromatic heterocycles. The smallest absolute Gasteiger partial charge is 0.188 e. The Bertz CT molecular complexity index is 2420. The van der Waals surface area contributed by atoms with Crippen molar-refractivity contribution in [3.05, 3.63) is 150 Å². The Balaban J connectivity index is 1.42. The molecule has 7 aromatic rings. The Morgan fingerprint density at radius 2 is 1.15 bits per heavy atom. The number of benzene rings is 7. The predicted octanol–water partition coefficient (Wildman–Crippen LogP) is 10.3. The van der Waals surface area contributed by atoms with Gasteiger partial charge >= 0.3 is 0 Å². The van der Waals surface area contributed by atoms with Gasteiger partial charge in [-0.05, 0) is 119 Å². The van der Waals surface area contributed by atoms with Crippen molar-refractivity contribution in [2.24, 2.45) is 5.73 Å². The molecule has 3 nitrogen and oxygen atoms in total. The van der Waals surface area contributed by atoms with Crippen LogP contribution in [0.2, 0.25) is 0 Å². The first-order valence-corrected chi connectivity index (χ1v) is 16.1. The summed E-state index contributed by atoms with van der Waals surface area (Å²) in [7, 11) is 0. The minimum Gasteiger partial charge on any atom is -0.370 e. The standard InChI is InChI=1S/C43H33N3/c44-43(45)46-25-39-37(33-19-17-27-9-1-3-11-29(27)21-33)23-31-13-5-7-15-35(31)41(39)42-36-16-8-6-14-32(36)24-38(40(42)26-46)34-20-18-28-10-2-4-12-30(28)22-34/h1-5,7-13,15-24H,6,14,25-26H2,(H3,44,45). The molecule has 1 heterocycles. The van der Waals surface area contributed by atoms with Crippen molar-refractivity contribution in [2.75, 3.05) is 0 Å². The SMILES string of the molecule is N=C(N)N1Cc2c(-c3ccc4ccccc4c3)cc3c(c2-c2c(c(-c4ccc5ccccc5c4)cc4ccccc24)C1)C=CCC3. The van der Waals surface area contributed by atoms with Gasteiger partial charge in [0, 0.05) is 13.1 Å². The maximum atomic E-state index is 8.78. The van der Waals surface area contributed by atoms with Gasteiger partial charge in [-0.2, -0.15) is 0 Å². The van der Waals surface area contributed by atoms with Crippen molar-refractivity contribution in [1.82, 2.24) is 4.90 Å². The van der Waals surface area contributed by atoms with Gasteiger partial charge in [-0.25, -0.2) is 0 Å². The Hall–Kier alpha value is -5.67. The minimum atomic E-state index is 0.0918. The Morgan fingerprint density at radius 3 is 1.80 bits per heavy atom. The lowest BCUT2D eigenvalue weighted by atomic mass is 9.79. The van der Waals surface area contributed by atoms with Crippen LogP contribution in [0.25, 0.3) is 71.8 Å². The van der Waals surface area contributed by atoms with Crippen molar-refractivity contribution < 1.29 is 0 Å². The summed E-state index contributed by atoms with van der Waals surface area (Å²) < 4.78 is 0. The van der Waals surface area contributed by atoms with Crippen molar-refractivity contribution in [1.29, 1.82) is 5.41 Å². The summed E-state index contributed by atoms with van der Waals surface area (Å²) in [6, 6.07) is 44.3. The average Bonchev–Trinajstić information content (AvgIpc) is 3.29. The zero-order chi connectivity index (χ0) is 30.8. The second kappa shape index (κ2) is 10.5. The summed E-state index contributed by atoms with van der Waals surface area (Å²) in [6.07, 6.45) is 6.70. The molecule has 0 saturated heterocycles. The molecule has 2 aliphatic rings. The van der Waals surface area contributed by atoms with Crippen molar-refractivity contribution in [3.63, 3.8) is 0 Å². The number of aryl methyl sites for hydroxylation is 1. The fourth-order valence-corrected chi connectivity index (χ4v) is 7.76. The van der Waals surface area contributed by atoms with Crippen LogP contribution in [0.5, 0.6) is 0 Å². The maximum absolute atomic E-state index is 8.78. The molecule has 1 aliphatic heterocycles. The third kappa shape index (κ3) is 4.23. The van der Waals surface area contributed by atoms with Gasteiger partial charge in [-0.15, -0.1) is 0 Å². The van der Waals surface area contributed by atoms with Gasteiger partial charge in [0.2, 0.25) is 0 Å². The average molecular weight is 592 g/mol. The molecule has 0 fully saturated rings. The number of fused-ring (bicyclic) bond motifs is 9. The van der Waals surface area contributed by atoms with Crippen LogP contribution in [0.15, 0.2) is 127 Å². The molecule has 0 radical (unpaired) electrons. The van der Waals surface area contributed by atoms with E-state index in [4.69, 9.17) is 11.1 Å². The number of nitrogens with one attached hydrogen (secondary N) is 1. The summed E-state index contributed by atoms with van der Waals surface area (Å²) in [5, 5.41) is 16.2. The van der Waals surface area contributed by atoms with Crippen LogP contribution in [0, 0.1) is 5.41 Å². The largest absolute Gasteiger partial charge is 0.370 e. The number of guanidine groups is 1. The molecule has 0 atom stereocenters. The molecule has 0 bridgehead atoms. The first-order chi connectivity index (χ1) is 22.6. The van der Waals surface area contributed by atoms with Gasteiger partial charge in [0.05, 0.1) is 0 Å². The highest BCUT2D eigenvalue weighted by Gasteiger charge is 2.30. The molecule has 7 aromatic carbocycles. The fraction of sp³-hybridized carbons (Fsp3) is 0.0930. The zero-order valence-corrected chi connectivity index (χ0v) is 25.6. The molecule has 46 heavy (non-hydrogen) atoms. The van der Waals surface area contributed by atoms with E-state index in [1.807, 2.05) is 4.90 Å². The van der Waals surface area contributed by atoms with Crippen LogP contribution in [0.3, 0.4) is 0 Å². The van der Waals surface area contributed by atoms with E-state index in [-0.39, 0.29) is 5.96 Å². The lowest BCUT2D eigenvalue weighted by Gasteiger charge is -2.25. The van der Waals surface area contributed by atoms with E-state index in [1.54, 1.807) is 0 Å². The molecule has 0 unspecified atom stereocenters. The third-order valence-corrected chi connectivity index (χ3v) is 9.99. The normalized spacial score (nSPS) is 13.8. The Labute approximate surface area is 268 Å². The summed E-state index contributed by atoms with van der Waals surface area (Å²) in [4.78, 5) is 2.05. The summed E-state index contributed by atoms with van der Waals surface area (Å²) in [5.41, 5.74) is 18.9. The molecule has 220 valence electrons. The van der Waals surface area contributed by atoms with Crippen molar-refractivity contribution in [3.8, 4) is 33.4 Å². The van der Waals surface area contributed by atoms with Crippen LogP contribution in [0.4, 0.5) is 0 Å². The van der Waals surface area contributed by atoms with Crippen LogP contribution in [-0.2, 0) is 19.5 Å². The van der Waals surface area contributed by atoms with Gasteiger partial charge < -0.3 is 10.6 Å². The Morgan fingerprint density at radius 1 is 0.587 bits per heavy atom. The predicted molar refractivity (Wildman–Crippen MR) is 194 cm³/mol. The first-order valence-electron chi connectivity index (χ1n) is 16.1. The molecule has 9 rings (SSSR count). The van der Waals surface area contributed by atoms with Crippen LogP contribution in [0.1, 0.15) is 28.7 Å². The monoisotopic (exact) mass is 591 g/mol. The molecule has 3 heteroatoms. The second-order valence-electron chi connectivity index (χ2n) is 12.7. The molecule has 0 spiro atoms. The number of hydrogen-bond acceptors (Lipinski definition) is 1. The van der Waals surface area contributed by atoms with Crippen LogP contribution >= 0.6 is 0 Å². The quantitative estimate of drug-likeness (QED) is 0.155. The number of rotatable bonds is 2. The number of allylic oxidation sites excluding steroid dienone is 1. The molecule has 3 N–H and O–H groups in total. The topological polar surface area (TPSA) is 53.1 Å². The third-order valence-electron chi connectivity index (χ3n) is 9.99. The van der Waals surface area contributed by atoms with Crippen molar-refractivity contribution in [2.45, 2.75) is 25.9 Å². The van der Waals surface area contributed by atoms with Gasteiger partial charge in [0.25, 0.3) is 0 Å². The summed E-state index contributed by atoms with van der Waals surface area (Å²) in [5.74, 6) is 0.0918. The number of hydrogen-bond donors (Lipinski definition) is 2. The zero-order valence-electron chi connectivity index (χ0n) is 25.6. The van der Waals surface area contributed by atoms with Crippen LogP contribution in [-0.4, -0.2) is 10.9 Å². The van der Waals surface area contributed by atoms with Crippen molar-refractivity contribution >= 4 is 44.4 Å². The van der Waals surface area contributed by atoms with E-state index < -0.39 is 0 Å². The second-order valence-corrected chi connectivity index (χ2v) is 12.7. The number of nitrogens with two attached hydrogens (primary N) is 1. The lowest BCUT2D eigenvalue weighted by molar-refractivity contribution is 0.404. The highest BCUT2D eigenvalue weighted by Crippen LogP contribution is 2.49. The Kier molecular flexibility index (Phi) is 6.07. The fourth-order valence-electron chi connectivity index (χ4n) is 7.76. The van der Waals surface area contributed by atoms with E-state index in [0.29, 0.717) is 13.1 Å². The van der Waals surface area contributed by atoms with Gasteiger partial charge in [-0.3, -0.25) is 5.41 Å². The lowest BCUT2D eigenvalue weighted by Crippen LogP contribution is -2.35. The minimum absolute atomic E-state index is 0.0918. The maximum Gasteiger partial charge on any atom is 0.188 e. The van der Waals surface area contributed by atoms with E-state index in [1.165, 1.54) is 88.0 Å². The molecule has 0 saturated carbocycles. The summed E-state index contributed by atoms with van der Waals surface area (Å²) >= 11 is 0. The molecule has 0 amide bonds. The highest BCUT2D eigenvalue weighted by atomic mass is 15.2. The first kappa shape index (κ1) is 26.7. The molecule has 1 aliphatic carbocycles. The summed E-state index contributed by atoms with van der Waals surface area (Å²) in [6.45, 7) is 1.12. The van der Waals surface area contributed by atoms with E-state index in [2.05, 4.69) is 133 Å².